The van der Waals surface area contributed by atoms with E-state index in [1.54, 1.807) is 42.5 Å². The minimum Gasteiger partial charge on any atom is -0.495 e. The molecule has 23 heavy (non-hydrogen) atoms. The van der Waals surface area contributed by atoms with Gasteiger partial charge >= 0.3 is 5.97 Å². The van der Waals surface area contributed by atoms with Crippen molar-refractivity contribution in [1.82, 2.24) is 0 Å². The van der Waals surface area contributed by atoms with E-state index < -0.39 is 18.5 Å². The molecule has 0 atom stereocenters. The van der Waals surface area contributed by atoms with Crippen molar-refractivity contribution in [2.24, 2.45) is 0 Å². The van der Waals surface area contributed by atoms with Crippen LogP contribution >= 0.6 is 11.6 Å². The third-order valence-electron chi connectivity index (χ3n) is 3.10. The molecule has 0 radical (unpaired) electrons. The van der Waals surface area contributed by atoms with Crippen LogP contribution in [0.25, 0.3) is 0 Å². The summed E-state index contributed by atoms with van der Waals surface area (Å²) in [6.45, 7) is 1.42. The zero-order valence-electron chi connectivity index (χ0n) is 12.8. The van der Waals surface area contributed by atoms with Gasteiger partial charge in [-0.1, -0.05) is 29.8 Å². The van der Waals surface area contributed by atoms with Gasteiger partial charge in [-0.3, -0.25) is 4.79 Å². The Bertz CT molecular complexity index is 716. The Kier molecular flexibility index (Phi) is 5.60. The lowest BCUT2D eigenvalue weighted by Crippen LogP contribution is -2.21. The molecule has 0 spiro atoms. The smallest absolute Gasteiger partial charge is 0.338 e. The van der Waals surface area contributed by atoms with Gasteiger partial charge < -0.3 is 14.8 Å². The van der Waals surface area contributed by atoms with Gasteiger partial charge in [0.05, 0.1) is 18.4 Å². The molecule has 6 heteroatoms. The summed E-state index contributed by atoms with van der Waals surface area (Å²) in [7, 11) is 1.48. The second kappa shape index (κ2) is 7.65. The molecule has 1 N–H and O–H groups in total. The fraction of sp³-hybridized carbons (Fsp3) is 0.176. The molecule has 2 aromatic rings. The average molecular weight is 334 g/mol. The van der Waals surface area contributed by atoms with Crippen molar-refractivity contribution in [3.63, 3.8) is 0 Å². The van der Waals surface area contributed by atoms with Crippen LogP contribution in [0.3, 0.4) is 0 Å². The third-order valence-corrected chi connectivity index (χ3v) is 3.51. The minimum absolute atomic E-state index is 0.389. The summed E-state index contributed by atoms with van der Waals surface area (Å²) in [6, 6.07) is 11.8. The van der Waals surface area contributed by atoms with Gasteiger partial charge in [-0.05, 0) is 30.7 Å². The van der Waals surface area contributed by atoms with Crippen molar-refractivity contribution < 1.29 is 19.1 Å². The number of anilines is 1. The lowest BCUT2D eigenvalue weighted by atomic mass is 10.2. The van der Waals surface area contributed by atoms with Crippen LogP contribution in [0, 0.1) is 6.92 Å². The molecule has 0 aromatic heterocycles. The van der Waals surface area contributed by atoms with E-state index in [1.165, 1.54) is 7.11 Å². The van der Waals surface area contributed by atoms with Gasteiger partial charge in [-0.15, -0.1) is 0 Å². The van der Waals surface area contributed by atoms with Gasteiger partial charge in [0.2, 0.25) is 0 Å². The third kappa shape index (κ3) is 4.47. The highest BCUT2D eigenvalue weighted by molar-refractivity contribution is 6.31. The van der Waals surface area contributed by atoms with Gasteiger partial charge in [-0.2, -0.15) is 0 Å². The van der Waals surface area contributed by atoms with Crippen LogP contribution in [-0.4, -0.2) is 25.6 Å². The van der Waals surface area contributed by atoms with Crippen molar-refractivity contribution in [3.05, 3.63) is 58.6 Å². The number of hydrogen-bond donors (Lipinski definition) is 1. The zero-order chi connectivity index (χ0) is 16.8. The molecule has 1 amide bonds. The number of halogens is 1. The van der Waals surface area contributed by atoms with E-state index in [-0.39, 0.29) is 0 Å². The number of esters is 1. The summed E-state index contributed by atoms with van der Waals surface area (Å²) in [6.07, 6.45) is 0. The molecule has 0 fully saturated rings. The van der Waals surface area contributed by atoms with Crippen LogP contribution in [0.2, 0.25) is 5.02 Å². The van der Waals surface area contributed by atoms with Crippen LogP contribution in [0.4, 0.5) is 5.69 Å². The first kappa shape index (κ1) is 16.8. The van der Waals surface area contributed by atoms with E-state index in [0.29, 0.717) is 22.0 Å². The van der Waals surface area contributed by atoms with Crippen LogP contribution in [0.15, 0.2) is 42.5 Å². The normalized spacial score (nSPS) is 10.0. The van der Waals surface area contributed by atoms with Crippen molar-refractivity contribution in [1.29, 1.82) is 0 Å². The molecular formula is C17H16ClNO4. The van der Waals surface area contributed by atoms with Gasteiger partial charge in [0.25, 0.3) is 5.91 Å². The number of carbonyl (C=O) groups excluding carboxylic acids is 2. The topological polar surface area (TPSA) is 64.6 Å². The quantitative estimate of drug-likeness (QED) is 0.851. The SMILES string of the molecule is COc1cc(Cl)c(C)cc1NC(=O)COC(=O)c1ccccc1. The highest BCUT2D eigenvalue weighted by atomic mass is 35.5. The van der Waals surface area contributed by atoms with E-state index in [9.17, 15) is 9.59 Å². The Morgan fingerprint density at radius 2 is 1.87 bits per heavy atom. The fourth-order valence-corrected chi connectivity index (χ4v) is 2.06. The molecule has 2 aromatic carbocycles. The van der Waals surface area contributed by atoms with Crippen molar-refractivity contribution in [2.75, 3.05) is 19.0 Å². The number of ether oxygens (including phenoxy) is 2. The molecule has 120 valence electrons. The van der Waals surface area contributed by atoms with E-state index in [0.717, 1.165) is 5.56 Å². The molecule has 0 heterocycles. The van der Waals surface area contributed by atoms with Crippen molar-refractivity contribution in [3.8, 4) is 5.75 Å². The van der Waals surface area contributed by atoms with Gasteiger partial charge in [0, 0.05) is 11.1 Å². The van der Waals surface area contributed by atoms with E-state index in [1.807, 2.05) is 6.92 Å². The van der Waals surface area contributed by atoms with Gasteiger partial charge in [0.1, 0.15) is 5.75 Å². The summed E-state index contributed by atoms with van der Waals surface area (Å²) in [5, 5.41) is 3.17. The molecule has 2 rings (SSSR count). The van der Waals surface area contributed by atoms with Crippen LogP contribution in [0.5, 0.6) is 5.75 Å². The van der Waals surface area contributed by atoms with Crippen LogP contribution < -0.4 is 10.1 Å². The predicted octanol–water partition coefficient (Wildman–Crippen LogP) is 3.45. The van der Waals surface area contributed by atoms with Crippen LogP contribution in [0.1, 0.15) is 15.9 Å². The number of aryl methyl sites for hydroxylation is 1. The number of rotatable bonds is 5. The second-order valence-electron chi connectivity index (χ2n) is 4.79. The Hall–Kier alpha value is -2.53. The maximum Gasteiger partial charge on any atom is 0.338 e. The van der Waals surface area contributed by atoms with Gasteiger partial charge in [-0.25, -0.2) is 4.79 Å². The Balaban J connectivity index is 1.98. The minimum atomic E-state index is -0.556. The summed E-state index contributed by atoms with van der Waals surface area (Å²) >= 11 is 6.01. The second-order valence-corrected chi connectivity index (χ2v) is 5.20. The van der Waals surface area contributed by atoms with Crippen molar-refractivity contribution >= 4 is 29.2 Å². The first-order valence-corrected chi connectivity index (χ1v) is 7.25. The van der Waals surface area contributed by atoms with Gasteiger partial charge in [0.15, 0.2) is 6.61 Å². The van der Waals surface area contributed by atoms with E-state index in [4.69, 9.17) is 21.1 Å². The average Bonchev–Trinajstić information content (AvgIpc) is 2.56. The predicted molar refractivity (Wildman–Crippen MR) is 88.1 cm³/mol. The highest BCUT2D eigenvalue weighted by Crippen LogP contribution is 2.30. The first-order chi connectivity index (χ1) is 11.0. The standard InChI is InChI=1S/C17H16ClNO4/c1-11-8-14(15(22-2)9-13(11)18)19-16(20)10-23-17(21)12-6-4-3-5-7-12/h3-9H,10H2,1-2H3,(H,19,20). The summed E-state index contributed by atoms with van der Waals surface area (Å²) in [4.78, 5) is 23.7. The van der Waals surface area contributed by atoms with Crippen LogP contribution in [-0.2, 0) is 9.53 Å². The molecule has 0 aliphatic carbocycles. The van der Waals surface area contributed by atoms with E-state index in [2.05, 4.69) is 5.32 Å². The first-order valence-electron chi connectivity index (χ1n) is 6.87. The Morgan fingerprint density at radius 1 is 1.17 bits per heavy atom. The maximum absolute atomic E-state index is 11.9. The summed E-state index contributed by atoms with van der Waals surface area (Å²) in [5.41, 5.74) is 1.65. The number of carbonyl (C=O) groups is 2. The number of benzene rings is 2. The molecule has 0 unspecified atom stereocenters. The zero-order valence-corrected chi connectivity index (χ0v) is 13.5. The fourth-order valence-electron chi connectivity index (χ4n) is 1.90. The van der Waals surface area contributed by atoms with E-state index >= 15 is 0 Å². The number of amides is 1. The molecule has 0 bridgehead atoms. The number of nitrogens with one attached hydrogen (secondary N) is 1. The molecular weight excluding hydrogens is 318 g/mol. The molecule has 0 saturated carbocycles. The largest absolute Gasteiger partial charge is 0.495 e. The molecule has 0 aliphatic heterocycles. The van der Waals surface area contributed by atoms with Crippen molar-refractivity contribution in [2.45, 2.75) is 6.92 Å². The maximum atomic E-state index is 11.9. The molecule has 0 aliphatic rings. The summed E-state index contributed by atoms with van der Waals surface area (Å²) < 4.78 is 10.1. The molecule has 5 nitrogen and oxygen atoms in total. The Labute approximate surface area is 139 Å². The number of methoxy groups -OCH3 is 1. The lowest BCUT2D eigenvalue weighted by molar-refractivity contribution is -0.119. The Morgan fingerprint density at radius 3 is 2.52 bits per heavy atom. The monoisotopic (exact) mass is 333 g/mol. The molecule has 0 saturated heterocycles. The highest BCUT2D eigenvalue weighted by Gasteiger charge is 2.13. The number of hydrogen-bond acceptors (Lipinski definition) is 4. The summed E-state index contributed by atoms with van der Waals surface area (Å²) in [5.74, 6) is -0.586. The lowest BCUT2D eigenvalue weighted by Gasteiger charge is -2.12.